The molecule has 0 unspecified atom stereocenters. The molecule has 4 nitrogen and oxygen atoms in total. The van der Waals surface area contributed by atoms with Crippen LogP contribution in [0.2, 0.25) is 0 Å². The Morgan fingerprint density at radius 2 is 2.15 bits per heavy atom. The molecule has 110 valence electrons. The first-order chi connectivity index (χ1) is 9.46. The summed E-state index contributed by atoms with van der Waals surface area (Å²) in [4.78, 5) is 13.6. The molecule has 0 bridgehead atoms. The Labute approximate surface area is 125 Å². The minimum atomic E-state index is -1.34. The van der Waals surface area contributed by atoms with E-state index < -0.39 is 17.3 Å². The normalized spacial score (nSPS) is 16.6. The topological polar surface area (TPSA) is 60.8 Å². The summed E-state index contributed by atoms with van der Waals surface area (Å²) < 4.78 is 14.5. The maximum Gasteiger partial charge on any atom is 0.254 e. The number of aliphatic hydroxyl groups excluding tert-OH is 1. The van der Waals surface area contributed by atoms with E-state index in [0.29, 0.717) is 22.9 Å². The van der Waals surface area contributed by atoms with Gasteiger partial charge in [0.15, 0.2) is 0 Å². The summed E-state index contributed by atoms with van der Waals surface area (Å²) >= 11 is 3.26. The smallest absolute Gasteiger partial charge is 0.254 e. The van der Waals surface area contributed by atoms with Crippen molar-refractivity contribution < 1.29 is 19.4 Å². The van der Waals surface area contributed by atoms with Gasteiger partial charge in [-0.25, -0.2) is 4.39 Å². The number of carbonyl (C=O) groups is 1. The van der Waals surface area contributed by atoms with Crippen molar-refractivity contribution in [2.45, 2.75) is 31.4 Å². The lowest BCUT2D eigenvalue weighted by molar-refractivity contribution is -0.161. The number of aliphatic hydroxyl groups is 2. The maximum absolute atomic E-state index is 13.7. The van der Waals surface area contributed by atoms with Crippen LogP contribution in [0, 0.1) is 5.82 Å². The molecule has 0 spiro atoms. The molecule has 0 aliphatic heterocycles. The second-order valence-corrected chi connectivity index (χ2v) is 5.99. The van der Waals surface area contributed by atoms with E-state index in [4.69, 9.17) is 5.11 Å². The molecule has 1 aromatic carbocycles. The van der Waals surface area contributed by atoms with Crippen molar-refractivity contribution in [2.24, 2.45) is 0 Å². The highest BCUT2D eigenvalue weighted by Gasteiger charge is 2.44. The first-order valence-corrected chi connectivity index (χ1v) is 7.32. The van der Waals surface area contributed by atoms with Crippen LogP contribution in [0.4, 0.5) is 4.39 Å². The fourth-order valence-corrected chi connectivity index (χ4v) is 2.67. The Bertz CT molecular complexity index is 505. The van der Waals surface area contributed by atoms with Gasteiger partial charge in [-0.2, -0.15) is 0 Å². The summed E-state index contributed by atoms with van der Waals surface area (Å²) in [7, 11) is 0. The number of hydrogen-bond donors (Lipinski definition) is 2. The van der Waals surface area contributed by atoms with Crippen molar-refractivity contribution in [1.82, 2.24) is 4.90 Å². The quantitative estimate of drug-likeness (QED) is 0.855. The van der Waals surface area contributed by atoms with Gasteiger partial charge in [0.1, 0.15) is 11.4 Å². The summed E-state index contributed by atoms with van der Waals surface area (Å²) in [6.07, 6.45) is 1.66. The van der Waals surface area contributed by atoms with Gasteiger partial charge >= 0.3 is 0 Å². The third-order valence-electron chi connectivity index (χ3n) is 3.60. The number of halogens is 2. The van der Waals surface area contributed by atoms with Crippen LogP contribution in [0.25, 0.3) is 0 Å². The highest BCUT2D eigenvalue weighted by molar-refractivity contribution is 9.10. The minimum absolute atomic E-state index is 0.0347. The number of benzene rings is 1. The van der Waals surface area contributed by atoms with Gasteiger partial charge < -0.3 is 15.1 Å². The van der Waals surface area contributed by atoms with E-state index in [1.807, 2.05) is 0 Å². The Hall–Kier alpha value is -0.980. The summed E-state index contributed by atoms with van der Waals surface area (Å²) in [6.45, 7) is -0.114. The van der Waals surface area contributed by atoms with Gasteiger partial charge in [-0.3, -0.25) is 4.79 Å². The molecular formula is C14H17BrFNO3. The van der Waals surface area contributed by atoms with E-state index in [0.717, 1.165) is 6.42 Å². The van der Waals surface area contributed by atoms with Crippen molar-refractivity contribution in [3.63, 3.8) is 0 Å². The molecule has 0 atom stereocenters. The van der Waals surface area contributed by atoms with Crippen LogP contribution in [-0.4, -0.2) is 39.8 Å². The molecule has 0 saturated heterocycles. The molecule has 1 aromatic rings. The fraction of sp³-hybridized carbons (Fsp3) is 0.500. The van der Waals surface area contributed by atoms with E-state index in [-0.39, 0.29) is 19.7 Å². The van der Waals surface area contributed by atoms with E-state index in [2.05, 4.69) is 15.9 Å². The van der Waals surface area contributed by atoms with Crippen LogP contribution in [0.15, 0.2) is 22.7 Å². The predicted molar refractivity (Wildman–Crippen MR) is 75.4 cm³/mol. The monoisotopic (exact) mass is 345 g/mol. The van der Waals surface area contributed by atoms with Crippen molar-refractivity contribution in [3.8, 4) is 0 Å². The average Bonchev–Trinajstić information content (AvgIpc) is 2.38. The van der Waals surface area contributed by atoms with Gasteiger partial charge in [-0.05, 0) is 37.5 Å². The summed E-state index contributed by atoms with van der Waals surface area (Å²) in [5, 5.41) is 19.2. The molecule has 1 aliphatic rings. The standard InChI is InChI=1S/C14H17BrFNO3/c15-11-2-3-12(16)10(8-11)9-17(6-7-18)13(19)14(20)4-1-5-14/h2-3,8,18,20H,1,4-7,9H2. The predicted octanol–water partition coefficient (Wildman–Crippen LogP) is 1.82. The Kier molecular flexibility index (Phi) is 4.78. The highest BCUT2D eigenvalue weighted by Crippen LogP contribution is 2.33. The third-order valence-corrected chi connectivity index (χ3v) is 4.10. The molecule has 2 rings (SSSR count). The molecule has 0 radical (unpaired) electrons. The second-order valence-electron chi connectivity index (χ2n) is 5.07. The molecule has 6 heteroatoms. The zero-order chi connectivity index (χ0) is 14.8. The highest BCUT2D eigenvalue weighted by atomic mass is 79.9. The molecule has 0 heterocycles. The molecular weight excluding hydrogens is 329 g/mol. The van der Waals surface area contributed by atoms with Crippen molar-refractivity contribution >= 4 is 21.8 Å². The van der Waals surface area contributed by atoms with Gasteiger partial charge in [0.2, 0.25) is 0 Å². The lowest BCUT2D eigenvalue weighted by Gasteiger charge is -2.39. The van der Waals surface area contributed by atoms with Gasteiger partial charge in [0.25, 0.3) is 5.91 Å². The number of hydrogen-bond acceptors (Lipinski definition) is 3. The molecule has 1 amide bonds. The van der Waals surface area contributed by atoms with Crippen LogP contribution in [-0.2, 0) is 11.3 Å². The molecule has 1 saturated carbocycles. The average molecular weight is 346 g/mol. The van der Waals surface area contributed by atoms with Gasteiger partial charge in [0, 0.05) is 23.1 Å². The van der Waals surface area contributed by atoms with Crippen molar-refractivity contribution in [3.05, 3.63) is 34.1 Å². The van der Waals surface area contributed by atoms with Gasteiger partial charge in [-0.15, -0.1) is 0 Å². The lowest BCUT2D eigenvalue weighted by Crippen LogP contribution is -2.53. The van der Waals surface area contributed by atoms with Crippen LogP contribution in [0.5, 0.6) is 0 Å². The Balaban J connectivity index is 2.16. The Morgan fingerprint density at radius 3 is 2.70 bits per heavy atom. The summed E-state index contributed by atoms with van der Waals surface area (Å²) in [5.41, 5.74) is -0.985. The largest absolute Gasteiger partial charge is 0.395 e. The molecule has 1 fully saturated rings. The molecule has 20 heavy (non-hydrogen) atoms. The Morgan fingerprint density at radius 1 is 1.45 bits per heavy atom. The number of carbonyl (C=O) groups excluding carboxylic acids is 1. The van der Waals surface area contributed by atoms with E-state index in [1.54, 1.807) is 12.1 Å². The first kappa shape index (κ1) is 15.4. The molecule has 2 N–H and O–H groups in total. The van der Waals surface area contributed by atoms with E-state index in [9.17, 15) is 14.3 Å². The number of amides is 1. The number of rotatable bonds is 5. The first-order valence-electron chi connectivity index (χ1n) is 6.53. The SMILES string of the molecule is O=C(N(CCO)Cc1cc(Br)ccc1F)C1(O)CCC1. The van der Waals surface area contributed by atoms with Crippen LogP contribution < -0.4 is 0 Å². The summed E-state index contributed by atoms with van der Waals surface area (Å²) in [6, 6.07) is 4.49. The third kappa shape index (κ3) is 3.19. The van der Waals surface area contributed by atoms with E-state index in [1.165, 1.54) is 11.0 Å². The van der Waals surface area contributed by atoms with Crippen molar-refractivity contribution in [1.29, 1.82) is 0 Å². The summed E-state index contributed by atoms with van der Waals surface area (Å²) in [5.74, 6) is -0.846. The molecule has 0 aromatic heterocycles. The number of nitrogens with zero attached hydrogens (tertiary/aromatic N) is 1. The van der Waals surface area contributed by atoms with Crippen LogP contribution >= 0.6 is 15.9 Å². The van der Waals surface area contributed by atoms with Gasteiger partial charge in [0.05, 0.1) is 6.61 Å². The molecule has 1 aliphatic carbocycles. The lowest BCUT2D eigenvalue weighted by atomic mass is 9.79. The second kappa shape index (κ2) is 6.20. The van der Waals surface area contributed by atoms with Gasteiger partial charge in [-0.1, -0.05) is 15.9 Å². The maximum atomic E-state index is 13.7. The van der Waals surface area contributed by atoms with E-state index >= 15 is 0 Å². The zero-order valence-electron chi connectivity index (χ0n) is 11.0. The van der Waals surface area contributed by atoms with Crippen molar-refractivity contribution in [2.75, 3.05) is 13.2 Å². The minimum Gasteiger partial charge on any atom is -0.395 e. The van der Waals surface area contributed by atoms with Crippen LogP contribution in [0.3, 0.4) is 0 Å². The fourth-order valence-electron chi connectivity index (χ4n) is 2.26. The zero-order valence-corrected chi connectivity index (χ0v) is 12.6. The van der Waals surface area contributed by atoms with Crippen LogP contribution in [0.1, 0.15) is 24.8 Å².